The van der Waals surface area contributed by atoms with Gasteiger partial charge < -0.3 is 4.52 Å². The van der Waals surface area contributed by atoms with Gasteiger partial charge in [0.15, 0.2) is 0 Å². The summed E-state index contributed by atoms with van der Waals surface area (Å²) in [6.07, 6.45) is 0. The Bertz CT molecular complexity index is 493. The highest BCUT2D eigenvalue weighted by molar-refractivity contribution is 9.13. The van der Waals surface area contributed by atoms with Gasteiger partial charge in [0, 0.05) is 11.6 Å². The molecular formula is C9H3Br2F2NO. The largest absolute Gasteiger partial charge is 0.347 e. The van der Waals surface area contributed by atoms with E-state index in [0.29, 0.717) is 20.4 Å². The molecule has 0 bridgehead atoms. The minimum absolute atomic E-state index is 0.314. The average molecular weight is 339 g/mol. The quantitative estimate of drug-likeness (QED) is 0.780. The topological polar surface area (TPSA) is 26.0 Å². The highest BCUT2D eigenvalue weighted by Crippen LogP contribution is 2.33. The van der Waals surface area contributed by atoms with Crippen LogP contribution >= 0.6 is 31.9 Å². The van der Waals surface area contributed by atoms with E-state index in [-0.39, 0.29) is 0 Å². The molecule has 1 heterocycles. The van der Waals surface area contributed by atoms with Gasteiger partial charge in [-0.15, -0.1) is 0 Å². The second-order valence-electron chi connectivity index (χ2n) is 2.78. The molecule has 0 aliphatic rings. The molecule has 0 saturated heterocycles. The molecule has 1 aromatic carbocycles. The van der Waals surface area contributed by atoms with Crippen molar-refractivity contribution >= 4 is 31.9 Å². The van der Waals surface area contributed by atoms with E-state index in [4.69, 9.17) is 4.52 Å². The summed E-state index contributed by atoms with van der Waals surface area (Å²) in [6, 6.07) is 3.16. The number of hydrogen-bond donors (Lipinski definition) is 0. The van der Waals surface area contributed by atoms with Crippen LogP contribution in [0.5, 0.6) is 0 Å². The normalized spacial score (nSPS) is 10.7. The van der Waals surface area contributed by atoms with Crippen LogP contribution in [0, 0.1) is 11.6 Å². The van der Waals surface area contributed by atoms with Crippen LogP contribution in [0.15, 0.2) is 31.9 Å². The molecule has 0 amide bonds. The van der Waals surface area contributed by atoms with Gasteiger partial charge in [-0.25, -0.2) is 8.78 Å². The fourth-order valence-electron chi connectivity index (χ4n) is 1.13. The van der Waals surface area contributed by atoms with Gasteiger partial charge in [-0.05, 0) is 44.0 Å². The predicted octanol–water partition coefficient (Wildman–Crippen LogP) is 4.14. The molecule has 2 aromatic rings. The Morgan fingerprint density at radius 3 is 2.13 bits per heavy atom. The van der Waals surface area contributed by atoms with E-state index in [0.717, 1.165) is 6.07 Å². The first-order valence-corrected chi connectivity index (χ1v) is 5.43. The van der Waals surface area contributed by atoms with Gasteiger partial charge in [-0.3, -0.25) is 0 Å². The maximum absolute atomic E-state index is 12.9. The van der Waals surface area contributed by atoms with E-state index in [1.807, 2.05) is 0 Å². The lowest BCUT2D eigenvalue weighted by atomic mass is 10.1. The molecule has 2 rings (SSSR count). The maximum atomic E-state index is 12.9. The maximum Gasteiger partial charge on any atom is 0.216 e. The van der Waals surface area contributed by atoms with Crippen LogP contribution in [0.1, 0.15) is 0 Å². The van der Waals surface area contributed by atoms with E-state index >= 15 is 0 Å². The zero-order valence-corrected chi connectivity index (χ0v) is 10.3. The lowest BCUT2D eigenvalue weighted by Crippen LogP contribution is -1.84. The molecule has 0 unspecified atom stereocenters. The van der Waals surface area contributed by atoms with Gasteiger partial charge in [-0.1, -0.05) is 5.16 Å². The van der Waals surface area contributed by atoms with Gasteiger partial charge in [0.25, 0.3) is 0 Å². The molecule has 2 nitrogen and oxygen atoms in total. The van der Waals surface area contributed by atoms with Crippen molar-refractivity contribution in [3.05, 3.63) is 39.0 Å². The SMILES string of the molecule is Fc1cc(F)cc(-c2noc(Br)c2Br)c1. The van der Waals surface area contributed by atoms with Crippen molar-refractivity contribution < 1.29 is 13.3 Å². The Balaban J connectivity index is 2.58. The van der Waals surface area contributed by atoms with Crippen molar-refractivity contribution in [1.29, 1.82) is 0 Å². The van der Waals surface area contributed by atoms with Gasteiger partial charge in [-0.2, -0.15) is 0 Å². The summed E-state index contributed by atoms with van der Waals surface area (Å²) in [5.74, 6) is -1.31. The number of hydrogen-bond acceptors (Lipinski definition) is 2. The van der Waals surface area contributed by atoms with Crippen LogP contribution in [-0.4, -0.2) is 5.16 Å². The Labute approximate surface area is 101 Å². The molecule has 1 aromatic heterocycles. The third kappa shape index (κ3) is 2.10. The zero-order valence-electron chi connectivity index (χ0n) is 7.10. The Kier molecular flexibility index (Phi) is 2.88. The molecule has 0 N–H and O–H groups in total. The Hall–Kier alpha value is -0.750. The summed E-state index contributed by atoms with van der Waals surface area (Å²) in [5, 5.41) is 3.67. The van der Waals surface area contributed by atoms with Crippen molar-refractivity contribution in [2.24, 2.45) is 0 Å². The Morgan fingerprint density at radius 1 is 1.07 bits per heavy atom. The third-order valence-electron chi connectivity index (χ3n) is 1.73. The number of halogens is 4. The van der Waals surface area contributed by atoms with Crippen molar-refractivity contribution in [1.82, 2.24) is 5.16 Å². The molecule has 0 aliphatic heterocycles. The summed E-state index contributed by atoms with van der Waals surface area (Å²) in [4.78, 5) is 0. The highest BCUT2D eigenvalue weighted by atomic mass is 79.9. The summed E-state index contributed by atoms with van der Waals surface area (Å²) in [5.41, 5.74) is 0.661. The van der Waals surface area contributed by atoms with Gasteiger partial charge in [0.2, 0.25) is 4.67 Å². The minimum atomic E-state index is -0.656. The minimum Gasteiger partial charge on any atom is -0.347 e. The first-order valence-electron chi connectivity index (χ1n) is 3.85. The van der Waals surface area contributed by atoms with Gasteiger partial charge >= 0.3 is 0 Å². The lowest BCUT2D eigenvalue weighted by Gasteiger charge is -1.97. The van der Waals surface area contributed by atoms with Crippen molar-refractivity contribution in [2.45, 2.75) is 0 Å². The summed E-state index contributed by atoms with van der Waals surface area (Å²) in [6.45, 7) is 0. The van der Waals surface area contributed by atoms with Crippen LogP contribution < -0.4 is 0 Å². The third-order valence-corrected chi connectivity index (χ3v) is 3.54. The van der Waals surface area contributed by atoms with E-state index in [1.165, 1.54) is 12.1 Å². The van der Waals surface area contributed by atoms with E-state index in [2.05, 4.69) is 37.0 Å². The molecule has 0 atom stereocenters. The van der Waals surface area contributed by atoms with Crippen LogP contribution in [0.4, 0.5) is 8.78 Å². The standard InChI is InChI=1S/C9H3Br2F2NO/c10-7-8(14-15-9(7)11)4-1-5(12)3-6(13)2-4/h1-3H. The molecule has 0 saturated carbocycles. The molecule has 0 spiro atoms. The van der Waals surface area contributed by atoms with Crippen molar-refractivity contribution in [3.63, 3.8) is 0 Å². The highest BCUT2D eigenvalue weighted by Gasteiger charge is 2.14. The molecule has 0 radical (unpaired) electrons. The second-order valence-corrected chi connectivity index (χ2v) is 4.29. The summed E-state index contributed by atoms with van der Waals surface area (Å²) < 4.78 is 31.6. The number of aromatic nitrogens is 1. The first kappa shape index (κ1) is 10.8. The second kappa shape index (κ2) is 4.02. The molecule has 0 fully saturated rings. The summed E-state index contributed by atoms with van der Waals surface area (Å²) in [7, 11) is 0. The van der Waals surface area contributed by atoms with Crippen molar-refractivity contribution in [3.8, 4) is 11.3 Å². The molecule has 78 valence electrons. The van der Waals surface area contributed by atoms with E-state index in [1.54, 1.807) is 0 Å². The Morgan fingerprint density at radius 2 is 1.67 bits per heavy atom. The fraction of sp³-hybridized carbons (Fsp3) is 0. The molecule has 15 heavy (non-hydrogen) atoms. The van der Waals surface area contributed by atoms with Crippen LogP contribution in [0.3, 0.4) is 0 Å². The van der Waals surface area contributed by atoms with Crippen LogP contribution in [-0.2, 0) is 0 Å². The van der Waals surface area contributed by atoms with E-state index < -0.39 is 11.6 Å². The zero-order chi connectivity index (χ0) is 11.0. The smallest absolute Gasteiger partial charge is 0.216 e. The lowest BCUT2D eigenvalue weighted by molar-refractivity contribution is 0.401. The summed E-state index contributed by atoms with van der Waals surface area (Å²) >= 11 is 6.27. The molecule has 0 aliphatic carbocycles. The number of benzene rings is 1. The van der Waals surface area contributed by atoms with Crippen LogP contribution in [0.2, 0.25) is 0 Å². The number of nitrogens with zero attached hydrogens (tertiary/aromatic N) is 1. The van der Waals surface area contributed by atoms with E-state index in [9.17, 15) is 8.78 Å². The first-order chi connectivity index (χ1) is 7.08. The van der Waals surface area contributed by atoms with Gasteiger partial charge in [0.05, 0.1) is 4.47 Å². The average Bonchev–Trinajstić information content (AvgIpc) is 2.46. The molecule has 6 heteroatoms. The number of rotatable bonds is 1. The van der Waals surface area contributed by atoms with Gasteiger partial charge in [0.1, 0.15) is 17.3 Å². The molecular weight excluding hydrogens is 336 g/mol. The fourth-order valence-corrected chi connectivity index (χ4v) is 1.76. The predicted molar refractivity (Wildman–Crippen MR) is 57.3 cm³/mol. The van der Waals surface area contributed by atoms with Crippen LogP contribution in [0.25, 0.3) is 11.3 Å². The monoisotopic (exact) mass is 337 g/mol. The van der Waals surface area contributed by atoms with Crippen molar-refractivity contribution in [2.75, 3.05) is 0 Å².